The lowest BCUT2D eigenvalue weighted by atomic mass is 10.1. The Morgan fingerprint density at radius 3 is 2.38 bits per heavy atom. The molecule has 2 N–H and O–H groups in total. The van der Waals surface area contributed by atoms with Crippen molar-refractivity contribution in [2.75, 3.05) is 6.26 Å². The maximum Gasteiger partial charge on any atom is 0.154 e. The second-order valence-corrected chi connectivity index (χ2v) is 6.57. The minimum atomic E-state index is 0.0950. The summed E-state index contributed by atoms with van der Waals surface area (Å²) in [5.41, 5.74) is 8.48. The smallest absolute Gasteiger partial charge is 0.154 e. The summed E-state index contributed by atoms with van der Waals surface area (Å²) in [6, 6.07) is 18.9. The van der Waals surface area contributed by atoms with Gasteiger partial charge in [0.25, 0.3) is 0 Å². The van der Waals surface area contributed by atoms with E-state index in [-0.39, 0.29) is 6.04 Å². The Morgan fingerprint density at radius 1 is 1.10 bits per heavy atom. The van der Waals surface area contributed by atoms with Gasteiger partial charge in [0.2, 0.25) is 0 Å². The van der Waals surface area contributed by atoms with Gasteiger partial charge in [0, 0.05) is 10.6 Å². The molecule has 0 radical (unpaired) electrons. The lowest BCUT2D eigenvalue weighted by Crippen LogP contribution is -2.08. The summed E-state index contributed by atoms with van der Waals surface area (Å²) in [7, 11) is 0. The molecule has 2 nitrogen and oxygen atoms in total. The van der Waals surface area contributed by atoms with Crippen molar-refractivity contribution in [1.29, 1.82) is 0 Å². The first-order valence-electron chi connectivity index (χ1n) is 6.83. The molecular formula is C17H20N2S2. The molecule has 21 heavy (non-hydrogen) atoms. The fraction of sp³-hybridized carbons (Fsp3) is 0.235. The normalized spacial score (nSPS) is 13.1. The van der Waals surface area contributed by atoms with Crippen molar-refractivity contribution in [3.05, 3.63) is 65.7 Å². The van der Waals surface area contributed by atoms with Crippen LogP contribution in [0, 0.1) is 0 Å². The van der Waals surface area contributed by atoms with Gasteiger partial charge in [-0.25, -0.2) is 0 Å². The van der Waals surface area contributed by atoms with Crippen LogP contribution in [0.5, 0.6) is 0 Å². The van der Waals surface area contributed by atoms with Gasteiger partial charge in [-0.2, -0.15) is 0 Å². The van der Waals surface area contributed by atoms with Crippen LogP contribution in [0.2, 0.25) is 0 Å². The van der Waals surface area contributed by atoms with Crippen molar-refractivity contribution >= 4 is 28.7 Å². The van der Waals surface area contributed by atoms with E-state index < -0.39 is 0 Å². The summed E-state index contributed by atoms with van der Waals surface area (Å²) in [5.74, 6) is 0.853. The second kappa shape index (κ2) is 8.15. The van der Waals surface area contributed by atoms with E-state index in [0.717, 1.165) is 5.75 Å². The van der Waals surface area contributed by atoms with E-state index in [2.05, 4.69) is 54.6 Å². The first kappa shape index (κ1) is 16.0. The molecule has 0 aromatic heterocycles. The van der Waals surface area contributed by atoms with Gasteiger partial charge in [-0.05, 0) is 36.4 Å². The third-order valence-corrected chi connectivity index (χ3v) is 4.77. The van der Waals surface area contributed by atoms with E-state index >= 15 is 0 Å². The molecule has 0 aliphatic carbocycles. The van der Waals surface area contributed by atoms with Gasteiger partial charge in [0.1, 0.15) is 0 Å². The van der Waals surface area contributed by atoms with E-state index in [4.69, 9.17) is 5.73 Å². The zero-order valence-electron chi connectivity index (χ0n) is 12.3. The molecule has 0 saturated carbocycles. The molecule has 0 spiro atoms. The van der Waals surface area contributed by atoms with E-state index in [1.807, 2.05) is 18.2 Å². The molecule has 1 atom stereocenters. The molecule has 2 aromatic carbocycles. The van der Waals surface area contributed by atoms with Gasteiger partial charge in [-0.15, -0.1) is 11.8 Å². The van der Waals surface area contributed by atoms with Crippen LogP contribution < -0.4 is 5.73 Å². The Kier molecular flexibility index (Phi) is 6.21. The summed E-state index contributed by atoms with van der Waals surface area (Å²) in [6.45, 7) is 2.07. The molecule has 0 saturated heterocycles. The number of aliphatic imine (C=N–C) groups is 1. The standard InChI is InChI=1S/C17H20N2S2/c1-13(15-6-4-3-5-7-15)19-17(18)21-12-14-8-10-16(20-2)11-9-14/h3-11,13H,12H2,1-2H3,(H2,18,19)/t13-/m0/s1. The molecule has 0 aliphatic rings. The van der Waals surface area contributed by atoms with Gasteiger partial charge in [-0.1, -0.05) is 54.2 Å². The molecule has 2 rings (SSSR count). The number of amidine groups is 1. The first-order chi connectivity index (χ1) is 10.2. The van der Waals surface area contributed by atoms with Crippen molar-refractivity contribution in [2.45, 2.75) is 23.6 Å². The topological polar surface area (TPSA) is 38.4 Å². The number of nitrogens with two attached hydrogens (primary N) is 1. The van der Waals surface area contributed by atoms with Crippen LogP contribution in [-0.2, 0) is 5.75 Å². The summed E-state index contributed by atoms with van der Waals surface area (Å²) in [4.78, 5) is 5.83. The highest BCUT2D eigenvalue weighted by Gasteiger charge is 2.04. The molecular weight excluding hydrogens is 296 g/mol. The number of nitrogens with zero attached hydrogens (tertiary/aromatic N) is 1. The van der Waals surface area contributed by atoms with E-state index in [1.165, 1.54) is 16.0 Å². The van der Waals surface area contributed by atoms with Crippen molar-refractivity contribution in [3.63, 3.8) is 0 Å². The summed E-state index contributed by atoms with van der Waals surface area (Å²) < 4.78 is 0. The average molecular weight is 316 g/mol. The van der Waals surface area contributed by atoms with Crippen molar-refractivity contribution in [1.82, 2.24) is 0 Å². The van der Waals surface area contributed by atoms with Crippen LogP contribution in [-0.4, -0.2) is 11.4 Å². The fourth-order valence-corrected chi connectivity index (χ4v) is 3.06. The summed E-state index contributed by atoms with van der Waals surface area (Å²) in [5, 5.41) is 0.639. The molecule has 0 bridgehead atoms. The molecule has 0 heterocycles. The molecule has 0 fully saturated rings. The highest BCUT2D eigenvalue weighted by Crippen LogP contribution is 2.20. The monoisotopic (exact) mass is 316 g/mol. The SMILES string of the molecule is CSc1ccc(CSC(N)=N[C@@H](C)c2ccccc2)cc1. The average Bonchev–Trinajstić information content (AvgIpc) is 2.54. The van der Waals surface area contributed by atoms with Crippen LogP contribution in [0.3, 0.4) is 0 Å². The maximum absolute atomic E-state index is 6.02. The highest BCUT2D eigenvalue weighted by atomic mass is 32.2. The zero-order chi connectivity index (χ0) is 15.1. The Morgan fingerprint density at radius 2 is 1.76 bits per heavy atom. The quantitative estimate of drug-likeness (QED) is 0.493. The van der Waals surface area contributed by atoms with Crippen molar-refractivity contribution < 1.29 is 0 Å². The Labute approximate surface area is 135 Å². The predicted octanol–water partition coefficient (Wildman–Crippen LogP) is 4.72. The third-order valence-electron chi connectivity index (χ3n) is 3.15. The van der Waals surface area contributed by atoms with Crippen LogP contribution in [0.1, 0.15) is 24.1 Å². The molecule has 2 aromatic rings. The van der Waals surface area contributed by atoms with Crippen molar-refractivity contribution in [3.8, 4) is 0 Å². The minimum absolute atomic E-state index is 0.0950. The Bertz CT molecular complexity index is 579. The molecule has 0 aliphatic heterocycles. The van der Waals surface area contributed by atoms with Gasteiger partial charge in [0.05, 0.1) is 6.04 Å². The number of thioether (sulfide) groups is 2. The van der Waals surface area contributed by atoms with Crippen LogP contribution in [0.4, 0.5) is 0 Å². The molecule has 0 unspecified atom stereocenters. The van der Waals surface area contributed by atoms with Crippen LogP contribution in [0.15, 0.2) is 64.5 Å². The number of hydrogen-bond donors (Lipinski definition) is 1. The summed E-state index contributed by atoms with van der Waals surface area (Å²) in [6.07, 6.45) is 2.08. The van der Waals surface area contributed by atoms with Crippen LogP contribution >= 0.6 is 23.5 Å². The molecule has 4 heteroatoms. The van der Waals surface area contributed by atoms with E-state index in [0.29, 0.717) is 5.17 Å². The number of benzene rings is 2. The van der Waals surface area contributed by atoms with Gasteiger partial charge < -0.3 is 5.73 Å². The fourth-order valence-electron chi connectivity index (χ4n) is 1.91. The minimum Gasteiger partial charge on any atom is -0.379 e. The Hall–Kier alpha value is -1.39. The predicted molar refractivity (Wildman–Crippen MR) is 96.0 cm³/mol. The summed E-state index contributed by atoms with van der Waals surface area (Å²) >= 11 is 3.34. The second-order valence-electron chi connectivity index (χ2n) is 4.69. The number of rotatable bonds is 5. The molecule has 0 amide bonds. The zero-order valence-corrected chi connectivity index (χ0v) is 14.0. The first-order valence-corrected chi connectivity index (χ1v) is 9.04. The van der Waals surface area contributed by atoms with Gasteiger partial charge >= 0.3 is 0 Å². The lowest BCUT2D eigenvalue weighted by Gasteiger charge is -2.08. The third kappa shape index (κ3) is 5.14. The van der Waals surface area contributed by atoms with Crippen molar-refractivity contribution in [2.24, 2.45) is 10.7 Å². The Balaban J connectivity index is 1.91. The maximum atomic E-state index is 6.02. The largest absolute Gasteiger partial charge is 0.379 e. The van der Waals surface area contributed by atoms with E-state index in [1.54, 1.807) is 23.5 Å². The van der Waals surface area contributed by atoms with E-state index in [9.17, 15) is 0 Å². The highest BCUT2D eigenvalue weighted by molar-refractivity contribution is 8.13. The van der Waals surface area contributed by atoms with Gasteiger partial charge in [-0.3, -0.25) is 4.99 Å². The number of hydrogen-bond acceptors (Lipinski definition) is 3. The van der Waals surface area contributed by atoms with Crippen LogP contribution in [0.25, 0.3) is 0 Å². The lowest BCUT2D eigenvalue weighted by molar-refractivity contribution is 0.822. The molecule has 110 valence electrons. The van der Waals surface area contributed by atoms with Gasteiger partial charge in [0.15, 0.2) is 5.17 Å².